The molecule has 7 rings (SSSR count). The molecule has 0 saturated carbocycles. The van der Waals surface area contributed by atoms with Gasteiger partial charge in [-0.25, -0.2) is 4.98 Å². The van der Waals surface area contributed by atoms with Crippen molar-refractivity contribution in [2.75, 3.05) is 0 Å². The minimum absolute atomic E-state index is 1.02. The lowest BCUT2D eigenvalue weighted by Crippen LogP contribution is -1.94. The van der Waals surface area contributed by atoms with E-state index in [1.165, 1.54) is 42.0 Å². The molecule has 4 heteroatoms. The third kappa shape index (κ3) is 2.01. The second-order valence-electron chi connectivity index (χ2n) is 7.82. The molecule has 0 bridgehead atoms. The van der Waals surface area contributed by atoms with Crippen LogP contribution in [0.1, 0.15) is 0 Å². The van der Waals surface area contributed by atoms with E-state index in [9.17, 15) is 0 Å². The van der Waals surface area contributed by atoms with E-state index in [2.05, 4.69) is 93.0 Å². The molecule has 0 fully saturated rings. The Balaban J connectivity index is 1.71. The van der Waals surface area contributed by atoms with Gasteiger partial charge in [-0.1, -0.05) is 48.5 Å². The summed E-state index contributed by atoms with van der Waals surface area (Å²) in [6.07, 6.45) is 1.88. The molecular formula is C26H17N3S. The van der Waals surface area contributed by atoms with Crippen LogP contribution in [-0.2, 0) is 7.05 Å². The Morgan fingerprint density at radius 3 is 2.47 bits per heavy atom. The molecule has 0 radical (unpaired) electrons. The summed E-state index contributed by atoms with van der Waals surface area (Å²) in [6.45, 7) is 0. The molecule has 0 aliphatic carbocycles. The number of para-hydroxylation sites is 1. The first-order valence-corrected chi connectivity index (χ1v) is 10.9. The van der Waals surface area contributed by atoms with Crippen LogP contribution in [0, 0.1) is 0 Å². The quantitative estimate of drug-likeness (QED) is 0.288. The molecule has 30 heavy (non-hydrogen) atoms. The van der Waals surface area contributed by atoms with E-state index >= 15 is 0 Å². The molecule has 3 aromatic heterocycles. The second kappa shape index (κ2) is 5.71. The molecule has 0 aliphatic heterocycles. The summed E-state index contributed by atoms with van der Waals surface area (Å²) >= 11 is 1.88. The van der Waals surface area contributed by atoms with Gasteiger partial charge in [0.05, 0.1) is 33.1 Å². The van der Waals surface area contributed by atoms with Crippen LogP contribution in [0.25, 0.3) is 58.7 Å². The van der Waals surface area contributed by atoms with Gasteiger partial charge in [-0.05, 0) is 30.3 Å². The summed E-state index contributed by atoms with van der Waals surface area (Å²) < 4.78 is 7.15. The first kappa shape index (κ1) is 16.2. The molecule has 3 heterocycles. The van der Waals surface area contributed by atoms with Crippen molar-refractivity contribution in [1.82, 2.24) is 14.1 Å². The predicted octanol–water partition coefficient (Wildman–Crippen LogP) is 7.04. The summed E-state index contributed by atoms with van der Waals surface area (Å²) in [4.78, 5) is 4.60. The van der Waals surface area contributed by atoms with Crippen LogP contribution in [0.4, 0.5) is 0 Å². The number of fused-ring (bicyclic) bond motifs is 8. The topological polar surface area (TPSA) is 22.8 Å². The van der Waals surface area contributed by atoms with Crippen molar-refractivity contribution in [1.29, 1.82) is 0 Å². The highest BCUT2D eigenvalue weighted by atomic mass is 32.1. The zero-order chi connectivity index (χ0) is 19.8. The molecule has 0 aliphatic rings. The van der Waals surface area contributed by atoms with Crippen molar-refractivity contribution < 1.29 is 0 Å². The van der Waals surface area contributed by atoms with Crippen molar-refractivity contribution in [3.8, 4) is 5.69 Å². The van der Waals surface area contributed by atoms with Gasteiger partial charge in [0.15, 0.2) is 0 Å². The van der Waals surface area contributed by atoms with Gasteiger partial charge in [-0.15, -0.1) is 11.3 Å². The van der Waals surface area contributed by atoms with Crippen LogP contribution in [0.3, 0.4) is 0 Å². The Labute approximate surface area is 176 Å². The first-order chi connectivity index (χ1) is 14.8. The van der Waals surface area contributed by atoms with Crippen molar-refractivity contribution in [2.24, 2.45) is 7.05 Å². The molecule has 4 aromatic carbocycles. The third-order valence-corrected chi connectivity index (χ3v) is 7.34. The molecule has 0 saturated heterocycles. The predicted molar refractivity (Wildman–Crippen MR) is 128 cm³/mol. The average Bonchev–Trinajstić information content (AvgIpc) is 3.45. The van der Waals surface area contributed by atoms with Crippen molar-refractivity contribution in [2.45, 2.75) is 0 Å². The van der Waals surface area contributed by atoms with Gasteiger partial charge in [0, 0.05) is 39.0 Å². The molecular weight excluding hydrogens is 386 g/mol. The largest absolute Gasteiger partial charge is 0.334 e. The molecule has 0 amide bonds. The average molecular weight is 404 g/mol. The normalized spacial score (nSPS) is 12.2. The lowest BCUT2D eigenvalue weighted by atomic mass is 10.1. The number of benzene rings is 4. The molecule has 0 spiro atoms. The van der Waals surface area contributed by atoms with E-state index in [0.29, 0.717) is 0 Å². The fraction of sp³-hybridized carbons (Fsp3) is 0.0385. The molecule has 7 aromatic rings. The van der Waals surface area contributed by atoms with Crippen molar-refractivity contribution >= 4 is 64.3 Å². The zero-order valence-corrected chi connectivity index (χ0v) is 17.1. The Bertz CT molecular complexity index is 1760. The van der Waals surface area contributed by atoms with Crippen LogP contribution in [0.2, 0.25) is 0 Å². The van der Waals surface area contributed by atoms with Gasteiger partial charge < -0.3 is 9.13 Å². The summed E-state index contributed by atoms with van der Waals surface area (Å²) in [5, 5.41) is 5.24. The second-order valence-corrected chi connectivity index (χ2v) is 8.87. The van der Waals surface area contributed by atoms with Gasteiger partial charge in [0.1, 0.15) is 0 Å². The number of hydrogen-bond acceptors (Lipinski definition) is 2. The minimum Gasteiger partial charge on any atom is -0.334 e. The van der Waals surface area contributed by atoms with Crippen LogP contribution >= 0.6 is 11.3 Å². The third-order valence-electron chi connectivity index (χ3n) is 6.15. The van der Waals surface area contributed by atoms with Crippen LogP contribution in [0.5, 0.6) is 0 Å². The van der Waals surface area contributed by atoms with Crippen LogP contribution in [-0.4, -0.2) is 14.1 Å². The van der Waals surface area contributed by atoms with Gasteiger partial charge in [-0.3, -0.25) is 0 Å². The number of nitrogens with zero attached hydrogens (tertiary/aromatic N) is 3. The summed E-state index contributed by atoms with van der Waals surface area (Å²) in [7, 11) is 2.04. The Kier molecular flexibility index (Phi) is 3.08. The summed E-state index contributed by atoms with van der Waals surface area (Å²) in [6, 6.07) is 28.6. The molecule has 0 N–H and O–H groups in total. The minimum atomic E-state index is 1.02. The number of aryl methyl sites for hydroxylation is 1. The Hall–Kier alpha value is -3.63. The number of thiophene rings is 1. The van der Waals surface area contributed by atoms with Crippen LogP contribution in [0.15, 0.2) is 85.2 Å². The highest BCUT2D eigenvalue weighted by Gasteiger charge is 2.17. The summed E-state index contributed by atoms with van der Waals surface area (Å²) in [5.41, 5.74) is 5.83. The Morgan fingerprint density at radius 1 is 0.733 bits per heavy atom. The molecule has 0 atom stereocenters. The van der Waals surface area contributed by atoms with Gasteiger partial charge >= 0.3 is 0 Å². The first-order valence-electron chi connectivity index (χ1n) is 10.0. The van der Waals surface area contributed by atoms with E-state index in [0.717, 1.165) is 16.7 Å². The number of hydrogen-bond donors (Lipinski definition) is 0. The van der Waals surface area contributed by atoms with E-state index in [-0.39, 0.29) is 0 Å². The van der Waals surface area contributed by atoms with E-state index in [1.807, 2.05) is 24.7 Å². The van der Waals surface area contributed by atoms with Gasteiger partial charge in [0.25, 0.3) is 0 Å². The number of imidazole rings is 1. The SMILES string of the molecule is Cn1cnc2cc(-n3c4ccccc4c4ccc5c6ccccc6sc5c43)ccc21. The van der Waals surface area contributed by atoms with E-state index in [1.54, 1.807) is 0 Å². The maximum atomic E-state index is 4.60. The lowest BCUT2D eigenvalue weighted by Gasteiger charge is -2.09. The van der Waals surface area contributed by atoms with Crippen LogP contribution < -0.4 is 0 Å². The van der Waals surface area contributed by atoms with Crippen molar-refractivity contribution in [3.05, 3.63) is 85.2 Å². The maximum Gasteiger partial charge on any atom is 0.0955 e. The smallest absolute Gasteiger partial charge is 0.0955 e. The fourth-order valence-electron chi connectivity index (χ4n) is 4.76. The zero-order valence-electron chi connectivity index (χ0n) is 16.3. The maximum absolute atomic E-state index is 4.60. The lowest BCUT2D eigenvalue weighted by molar-refractivity contribution is 0.947. The van der Waals surface area contributed by atoms with E-state index in [4.69, 9.17) is 0 Å². The fourth-order valence-corrected chi connectivity index (χ4v) is 6.00. The molecule has 3 nitrogen and oxygen atoms in total. The van der Waals surface area contributed by atoms with Gasteiger partial charge in [0.2, 0.25) is 0 Å². The number of rotatable bonds is 1. The monoisotopic (exact) mass is 403 g/mol. The highest BCUT2D eigenvalue weighted by molar-refractivity contribution is 7.26. The molecule has 142 valence electrons. The number of aromatic nitrogens is 3. The molecule has 0 unspecified atom stereocenters. The standard InChI is InChI=1S/C26H17N3S/c1-28-15-27-21-14-16(10-13-23(21)28)29-22-8-4-2-6-17(22)19-11-12-20-18-7-3-5-9-24(18)30-26(20)25(19)29/h2-15H,1H3. The van der Waals surface area contributed by atoms with Gasteiger partial charge in [-0.2, -0.15) is 0 Å². The van der Waals surface area contributed by atoms with Crippen molar-refractivity contribution in [3.63, 3.8) is 0 Å². The Morgan fingerprint density at radius 2 is 1.53 bits per heavy atom. The van der Waals surface area contributed by atoms with E-state index < -0.39 is 0 Å². The summed E-state index contributed by atoms with van der Waals surface area (Å²) in [5.74, 6) is 0. The highest BCUT2D eigenvalue weighted by Crippen LogP contribution is 2.42.